The molecule has 80 valence electrons. The van der Waals surface area contributed by atoms with Gasteiger partial charge in [-0.2, -0.15) is 0 Å². The second-order valence-corrected chi connectivity index (χ2v) is 6.49. The van der Waals surface area contributed by atoms with Gasteiger partial charge in [0.25, 0.3) is 10.0 Å². The molecule has 0 unspecified atom stereocenters. The maximum atomic E-state index is 11.5. The maximum absolute atomic E-state index is 11.5. The fourth-order valence-electron chi connectivity index (χ4n) is 0.864. The monoisotopic (exact) mass is 417 g/mol. The van der Waals surface area contributed by atoms with E-state index in [-0.39, 0.29) is 4.90 Å². The van der Waals surface area contributed by atoms with Crippen molar-refractivity contribution in [3.63, 3.8) is 0 Å². The van der Waals surface area contributed by atoms with Crippen molar-refractivity contribution in [2.75, 3.05) is 0 Å². The number of hydrogen-bond acceptors (Lipinski definition) is 2. The van der Waals surface area contributed by atoms with E-state index in [9.17, 15) is 8.42 Å². The van der Waals surface area contributed by atoms with E-state index in [1.807, 2.05) is 0 Å². The Morgan fingerprint density at radius 2 is 1.67 bits per heavy atom. The van der Waals surface area contributed by atoms with Crippen LogP contribution < -0.4 is 0 Å². The molecule has 15 heavy (non-hydrogen) atoms. The quantitative estimate of drug-likeness (QED) is 0.412. The number of nitrogens with zero attached hydrogens (tertiary/aromatic N) is 3. The van der Waals surface area contributed by atoms with Crippen molar-refractivity contribution in [1.82, 2.24) is 0 Å². The molecule has 0 saturated carbocycles. The molecular weight excluding hydrogens is 418 g/mol. The molecule has 0 aliphatic heterocycles. The van der Waals surface area contributed by atoms with Gasteiger partial charge < -0.3 is 0 Å². The first-order chi connectivity index (χ1) is 6.88. The van der Waals surface area contributed by atoms with E-state index in [1.165, 1.54) is 0 Å². The molecule has 0 spiro atoms. The molecule has 0 aromatic heterocycles. The van der Waals surface area contributed by atoms with Crippen molar-refractivity contribution < 1.29 is 8.42 Å². The molecule has 0 aliphatic carbocycles. The van der Waals surface area contributed by atoms with E-state index in [0.29, 0.717) is 13.4 Å². The van der Waals surface area contributed by atoms with Crippen molar-refractivity contribution in [1.29, 1.82) is 0 Å². The van der Waals surface area contributed by atoms with Crippen molar-refractivity contribution >= 4 is 57.8 Å². The summed E-state index contributed by atoms with van der Waals surface area (Å²) in [6.45, 7) is 0. The molecule has 9 heteroatoms. The fraction of sp³-hybridized carbons (Fsp3) is 0. The van der Waals surface area contributed by atoms with Crippen molar-refractivity contribution in [2.45, 2.75) is 4.90 Å². The highest BCUT2D eigenvalue weighted by atomic mass is 79.9. The number of azide groups is 1. The van der Waals surface area contributed by atoms with Crippen LogP contribution in [-0.2, 0) is 10.0 Å². The Hall–Kier alpha value is -0.0800. The molecule has 0 amide bonds. The van der Waals surface area contributed by atoms with Gasteiger partial charge in [0, 0.05) is 22.8 Å². The van der Waals surface area contributed by atoms with E-state index >= 15 is 0 Å². The van der Waals surface area contributed by atoms with Crippen LogP contribution in [0.4, 0.5) is 0 Å². The molecule has 0 radical (unpaired) electrons. The largest absolute Gasteiger partial charge is 0.266 e. The van der Waals surface area contributed by atoms with Gasteiger partial charge in [-0.3, -0.25) is 0 Å². The molecule has 1 rings (SSSR count). The van der Waals surface area contributed by atoms with E-state index in [4.69, 9.17) is 5.53 Å². The summed E-state index contributed by atoms with van der Waals surface area (Å²) in [6, 6.07) is 3.09. The van der Waals surface area contributed by atoms with Crippen LogP contribution in [0.15, 0.2) is 35.0 Å². The van der Waals surface area contributed by atoms with Crippen LogP contribution in [0.5, 0.6) is 0 Å². The van der Waals surface area contributed by atoms with Gasteiger partial charge in [-0.1, -0.05) is 15.9 Å². The molecular formula is C6H2Br3N3O2S. The smallest absolute Gasteiger partial charge is 0.216 e. The van der Waals surface area contributed by atoms with Crippen LogP contribution in [0.1, 0.15) is 0 Å². The summed E-state index contributed by atoms with van der Waals surface area (Å²) in [5.41, 5.74) is 8.14. The third-order valence-electron chi connectivity index (χ3n) is 1.37. The van der Waals surface area contributed by atoms with Crippen molar-refractivity contribution in [3.8, 4) is 0 Å². The zero-order valence-corrected chi connectivity index (χ0v) is 12.4. The minimum Gasteiger partial charge on any atom is -0.216 e. The summed E-state index contributed by atoms with van der Waals surface area (Å²) in [4.78, 5) is 2.18. The topological polar surface area (TPSA) is 82.9 Å². The van der Waals surface area contributed by atoms with Gasteiger partial charge >= 0.3 is 0 Å². The van der Waals surface area contributed by atoms with Gasteiger partial charge in [0.1, 0.15) is 4.90 Å². The lowest BCUT2D eigenvalue weighted by Gasteiger charge is -2.04. The zero-order valence-electron chi connectivity index (χ0n) is 6.85. The van der Waals surface area contributed by atoms with Crippen molar-refractivity contribution in [3.05, 3.63) is 36.0 Å². The van der Waals surface area contributed by atoms with Crippen LogP contribution in [0, 0.1) is 0 Å². The van der Waals surface area contributed by atoms with Crippen LogP contribution in [0.2, 0.25) is 0 Å². The Kier molecular flexibility index (Phi) is 4.19. The van der Waals surface area contributed by atoms with Gasteiger partial charge in [-0.25, -0.2) is 8.42 Å². The molecule has 0 saturated heterocycles. The summed E-state index contributed by atoms with van der Waals surface area (Å²) in [7, 11) is -3.99. The molecule has 0 bridgehead atoms. The average molecular weight is 420 g/mol. The Morgan fingerprint density at radius 1 is 1.20 bits per heavy atom. The van der Waals surface area contributed by atoms with Gasteiger partial charge in [0.15, 0.2) is 0 Å². The predicted molar refractivity (Wildman–Crippen MR) is 65.9 cm³/mol. The van der Waals surface area contributed by atoms with E-state index < -0.39 is 10.0 Å². The first-order valence-corrected chi connectivity index (χ1v) is 7.16. The third-order valence-corrected chi connectivity index (χ3v) is 4.84. The standard InChI is InChI=1S/C6H2Br3N3O2S/c7-3-1-4(8)6(5(9)2-3)15(13,14)12-11-10/h1-2H. The van der Waals surface area contributed by atoms with Crippen LogP contribution in [0.25, 0.3) is 10.4 Å². The predicted octanol–water partition coefficient (Wildman–Crippen LogP) is 3.97. The molecule has 1 aromatic rings. The van der Waals surface area contributed by atoms with E-state index in [2.05, 4.69) is 57.2 Å². The fourth-order valence-corrected chi connectivity index (χ4v) is 5.14. The summed E-state index contributed by atoms with van der Waals surface area (Å²) >= 11 is 9.36. The highest BCUT2D eigenvalue weighted by molar-refractivity contribution is 9.11. The lowest BCUT2D eigenvalue weighted by atomic mass is 10.4. The number of benzene rings is 1. The number of rotatable bonds is 2. The Balaban J connectivity index is 3.59. The minimum absolute atomic E-state index is 0.0940. The molecule has 0 aliphatic rings. The average Bonchev–Trinajstić information content (AvgIpc) is 1.99. The number of hydrogen-bond donors (Lipinski definition) is 0. The van der Waals surface area contributed by atoms with Crippen LogP contribution in [-0.4, -0.2) is 8.42 Å². The molecule has 1 aromatic carbocycles. The van der Waals surface area contributed by atoms with E-state index in [0.717, 1.165) is 0 Å². The number of sulfonamides is 1. The lowest BCUT2D eigenvalue weighted by molar-refractivity contribution is 0.596. The second kappa shape index (κ2) is 4.84. The van der Waals surface area contributed by atoms with Gasteiger partial charge in [0.05, 0.1) is 0 Å². The van der Waals surface area contributed by atoms with E-state index in [1.54, 1.807) is 12.1 Å². The Bertz CT molecular complexity index is 528. The van der Waals surface area contributed by atoms with Gasteiger partial charge in [0.2, 0.25) is 0 Å². The summed E-state index contributed by atoms with van der Waals surface area (Å²) in [6.07, 6.45) is 0. The summed E-state index contributed by atoms with van der Waals surface area (Å²) < 4.78 is 27.1. The number of halogens is 3. The van der Waals surface area contributed by atoms with Gasteiger partial charge in [-0.15, -0.1) is 0 Å². The minimum atomic E-state index is -3.99. The molecule has 0 heterocycles. The van der Waals surface area contributed by atoms with Crippen molar-refractivity contribution in [2.24, 2.45) is 4.52 Å². The van der Waals surface area contributed by atoms with Gasteiger partial charge in [-0.05, 0) is 49.5 Å². The molecule has 5 nitrogen and oxygen atoms in total. The van der Waals surface area contributed by atoms with Crippen LogP contribution in [0.3, 0.4) is 0 Å². The first-order valence-electron chi connectivity index (χ1n) is 3.34. The normalized spacial score (nSPS) is 10.9. The first kappa shape index (κ1) is 13.0. The summed E-state index contributed by atoms with van der Waals surface area (Å²) in [5.74, 6) is 0. The Labute approximate surface area is 111 Å². The summed E-state index contributed by atoms with van der Waals surface area (Å²) in [5, 5.41) is 0. The maximum Gasteiger partial charge on any atom is 0.266 e. The molecule has 0 fully saturated rings. The zero-order chi connectivity index (χ0) is 11.6. The lowest BCUT2D eigenvalue weighted by Crippen LogP contribution is -1.98. The highest BCUT2D eigenvalue weighted by Gasteiger charge is 2.20. The highest BCUT2D eigenvalue weighted by Crippen LogP contribution is 2.34. The SMILES string of the molecule is [N-]=[N+]=NS(=O)(=O)c1c(Br)cc(Br)cc1Br. The Morgan fingerprint density at radius 3 is 2.07 bits per heavy atom. The van der Waals surface area contributed by atoms with Crippen LogP contribution >= 0.6 is 47.8 Å². The molecule has 0 N–H and O–H groups in total. The third kappa shape index (κ3) is 2.94. The second-order valence-electron chi connectivity index (χ2n) is 2.34. The molecule has 0 atom stereocenters.